The number of aromatic nitrogens is 4. The van der Waals surface area contributed by atoms with E-state index in [-0.39, 0.29) is 29.5 Å². The highest BCUT2D eigenvalue weighted by molar-refractivity contribution is 6.31. The molecule has 0 radical (unpaired) electrons. The summed E-state index contributed by atoms with van der Waals surface area (Å²) in [6.45, 7) is 2.27. The average Bonchev–Trinajstić information content (AvgIpc) is 3.00. The fourth-order valence-electron chi connectivity index (χ4n) is 3.64. The van der Waals surface area contributed by atoms with Gasteiger partial charge in [0.2, 0.25) is 12.0 Å². The molecular formula is C17H21ClF4N7O+. The minimum Gasteiger partial charge on any atom is -0.378 e. The van der Waals surface area contributed by atoms with Crippen molar-refractivity contribution in [3.63, 3.8) is 0 Å². The van der Waals surface area contributed by atoms with Crippen molar-refractivity contribution >= 4 is 29.1 Å². The number of nitrogens with zero attached hydrogens (tertiary/aromatic N) is 4. The maximum Gasteiger partial charge on any atom is 0.421 e. The quantitative estimate of drug-likeness (QED) is 0.480. The van der Waals surface area contributed by atoms with Crippen LogP contribution >= 0.6 is 11.6 Å². The molecule has 30 heavy (non-hydrogen) atoms. The lowest BCUT2D eigenvalue weighted by Crippen LogP contribution is -2.59. The highest BCUT2D eigenvalue weighted by Gasteiger charge is 2.42. The van der Waals surface area contributed by atoms with E-state index < -0.39 is 24.0 Å². The van der Waals surface area contributed by atoms with Crippen LogP contribution in [0.15, 0.2) is 12.4 Å². The molecule has 0 aromatic carbocycles. The van der Waals surface area contributed by atoms with Crippen LogP contribution in [0, 0.1) is 0 Å². The molecule has 2 fully saturated rings. The van der Waals surface area contributed by atoms with Crippen LogP contribution in [-0.4, -0.2) is 65.5 Å². The predicted octanol–water partition coefficient (Wildman–Crippen LogP) is 2.53. The number of hydrogen-bond acceptors (Lipinski definition) is 6. The van der Waals surface area contributed by atoms with E-state index in [2.05, 4.69) is 30.6 Å². The fourth-order valence-corrected chi connectivity index (χ4v) is 3.92. The van der Waals surface area contributed by atoms with Gasteiger partial charge in [-0.2, -0.15) is 23.3 Å². The maximum absolute atomic E-state index is 14.8. The van der Waals surface area contributed by atoms with Crippen LogP contribution < -0.4 is 15.3 Å². The zero-order valence-electron chi connectivity index (χ0n) is 16.0. The zero-order valence-corrected chi connectivity index (χ0v) is 16.8. The first-order valence-electron chi connectivity index (χ1n) is 9.41. The van der Waals surface area contributed by atoms with Crippen molar-refractivity contribution in [1.29, 1.82) is 0 Å². The first-order chi connectivity index (χ1) is 14.3. The molecule has 2 aromatic heterocycles. The number of piperidine rings is 1. The summed E-state index contributed by atoms with van der Waals surface area (Å²) in [4.78, 5) is 9.64. The summed E-state index contributed by atoms with van der Waals surface area (Å²) in [5, 5.41) is 8.30. The Hall–Kier alpha value is -2.18. The third kappa shape index (κ3) is 4.03. The van der Waals surface area contributed by atoms with E-state index in [1.807, 2.05) is 0 Å². The summed E-state index contributed by atoms with van der Waals surface area (Å²) in [5.41, 5.74) is -0.643. The van der Waals surface area contributed by atoms with Gasteiger partial charge in [-0.1, -0.05) is 4.68 Å². The molecule has 0 bridgehead atoms. The van der Waals surface area contributed by atoms with Crippen molar-refractivity contribution in [3.05, 3.63) is 23.1 Å². The van der Waals surface area contributed by atoms with E-state index in [0.717, 1.165) is 6.54 Å². The van der Waals surface area contributed by atoms with Gasteiger partial charge >= 0.3 is 11.3 Å². The molecule has 8 nitrogen and oxygen atoms in total. The van der Waals surface area contributed by atoms with Crippen LogP contribution in [0.4, 0.5) is 35.0 Å². The van der Waals surface area contributed by atoms with Gasteiger partial charge in [0.05, 0.1) is 25.5 Å². The smallest absolute Gasteiger partial charge is 0.378 e. The lowest BCUT2D eigenvalue weighted by molar-refractivity contribution is -0.778. The summed E-state index contributed by atoms with van der Waals surface area (Å²) in [6.07, 6.45) is -2.97. The Morgan fingerprint density at radius 2 is 2.13 bits per heavy atom. The minimum atomic E-state index is -4.58. The van der Waals surface area contributed by atoms with Gasteiger partial charge in [0, 0.05) is 32.8 Å². The second kappa shape index (κ2) is 8.16. The predicted molar refractivity (Wildman–Crippen MR) is 101 cm³/mol. The maximum atomic E-state index is 14.8. The van der Waals surface area contributed by atoms with E-state index in [1.165, 1.54) is 17.9 Å². The van der Waals surface area contributed by atoms with E-state index in [1.54, 1.807) is 0 Å². The standard InChI is InChI=1S/C17H20ClF4N7O/c1-23-15-10(17(20,21)22)4-24-16(27-15)26-12-5-25-29(14(12)18)13-2-3-28(6-11(13)19)9-7-30-8-9/h4-5,9,11,13H,2-3,6-8H2,1H3,(H2,23,24,26,27)/p+1/t11-,13?/m0/s1. The van der Waals surface area contributed by atoms with Crippen molar-refractivity contribution in [2.75, 3.05) is 44.0 Å². The van der Waals surface area contributed by atoms with Gasteiger partial charge in [-0.25, -0.2) is 9.37 Å². The van der Waals surface area contributed by atoms with E-state index in [9.17, 15) is 17.6 Å². The molecule has 2 atom stereocenters. The summed E-state index contributed by atoms with van der Waals surface area (Å²) in [5.74, 6) is -0.437. The Balaban J connectivity index is 1.48. The van der Waals surface area contributed by atoms with E-state index in [0.29, 0.717) is 31.5 Å². The number of halogens is 5. The molecule has 164 valence electrons. The van der Waals surface area contributed by atoms with Crippen molar-refractivity contribution in [1.82, 2.24) is 20.0 Å². The van der Waals surface area contributed by atoms with Crippen LogP contribution in [0.2, 0.25) is 5.15 Å². The number of likely N-dealkylation sites (tertiary alicyclic amines) is 1. The number of H-pyrrole nitrogens is 1. The third-order valence-corrected chi connectivity index (χ3v) is 5.75. The molecule has 2 saturated heterocycles. The van der Waals surface area contributed by atoms with Crippen LogP contribution in [0.25, 0.3) is 0 Å². The molecule has 2 aromatic rings. The molecule has 0 aliphatic carbocycles. The Kier molecular flexibility index (Phi) is 5.73. The molecule has 1 unspecified atom stereocenters. The molecule has 0 spiro atoms. The molecular weight excluding hydrogens is 430 g/mol. The lowest BCUT2D eigenvalue weighted by atomic mass is 10.0. The number of ether oxygens (including phenoxy) is 1. The second-order valence-corrected chi connectivity index (χ2v) is 7.59. The Morgan fingerprint density at radius 3 is 2.73 bits per heavy atom. The third-order valence-electron chi connectivity index (χ3n) is 5.37. The second-order valence-electron chi connectivity index (χ2n) is 7.23. The first kappa shape index (κ1) is 21.1. The summed E-state index contributed by atoms with van der Waals surface area (Å²) in [6, 6.07) is -0.213. The number of anilines is 3. The topological polar surface area (TPSA) is 82.0 Å². The Labute approximate surface area is 174 Å². The molecule has 2 aliphatic heterocycles. The van der Waals surface area contributed by atoms with Gasteiger partial charge in [0.1, 0.15) is 11.4 Å². The van der Waals surface area contributed by atoms with E-state index in [4.69, 9.17) is 16.3 Å². The summed E-state index contributed by atoms with van der Waals surface area (Å²) >= 11 is 6.41. The van der Waals surface area contributed by atoms with Crippen LogP contribution in [-0.2, 0) is 10.9 Å². The largest absolute Gasteiger partial charge is 0.421 e. The number of nitrogens with one attached hydrogen (secondary N) is 3. The molecule has 2 aliphatic rings. The Bertz CT molecular complexity index is 905. The molecule has 4 heterocycles. The van der Waals surface area contributed by atoms with Gasteiger partial charge in [-0.05, 0) is 11.6 Å². The summed E-state index contributed by atoms with van der Waals surface area (Å²) in [7, 11) is 1.34. The van der Waals surface area contributed by atoms with Crippen LogP contribution in [0.5, 0.6) is 0 Å². The van der Waals surface area contributed by atoms with Gasteiger partial charge in [-0.15, -0.1) is 0 Å². The van der Waals surface area contributed by atoms with Gasteiger partial charge in [0.15, 0.2) is 11.9 Å². The zero-order chi connectivity index (χ0) is 21.5. The van der Waals surface area contributed by atoms with E-state index >= 15 is 0 Å². The molecule has 3 N–H and O–H groups in total. The van der Waals surface area contributed by atoms with Crippen molar-refractivity contribution < 1.29 is 27.0 Å². The van der Waals surface area contributed by atoms with Gasteiger partial charge in [-0.3, -0.25) is 4.90 Å². The molecule has 4 rings (SSSR count). The highest BCUT2D eigenvalue weighted by Crippen LogP contribution is 2.34. The average molecular weight is 451 g/mol. The van der Waals surface area contributed by atoms with Gasteiger partial charge < -0.3 is 15.4 Å². The normalized spacial score (nSPS) is 23.3. The lowest BCUT2D eigenvalue weighted by Gasteiger charge is -2.40. The van der Waals surface area contributed by atoms with Crippen LogP contribution in [0.1, 0.15) is 18.0 Å². The van der Waals surface area contributed by atoms with Crippen molar-refractivity contribution in [3.8, 4) is 0 Å². The number of rotatable bonds is 5. The molecule has 13 heteroatoms. The minimum absolute atomic E-state index is 0.0722. The van der Waals surface area contributed by atoms with Gasteiger partial charge in [0.25, 0.3) is 0 Å². The molecule has 0 amide bonds. The fraction of sp³-hybridized carbons (Fsp3) is 0.588. The number of alkyl halides is 4. The molecule has 0 saturated carbocycles. The first-order valence-corrected chi connectivity index (χ1v) is 9.79. The van der Waals surface area contributed by atoms with Crippen molar-refractivity contribution in [2.24, 2.45) is 0 Å². The monoisotopic (exact) mass is 450 g/mol. The number of aromatic amines is 1. The Morgan fingerprint density at radius 1 is 1.37 bits per heavy atom. The van der Waals surface area contributed by atoms with Crippen LogP contribution in [0.3, 0.4) is 0 Å². The summed E-state index contributed by atoms with van der Waals surface area (Å²) < 4.78 is 60.5. The SMILES string of the molecule is CNc1nc(Nc2c[nH][n+](C3CCN(C4COC4)C[C@@H]3F)c2Cl)ncc1C(F)(F)F. The highest BCUT2D eigenvalue weighted by atomic mass is 35.5. The van der Waals surface area contributed by atoms with Crippen molar-refractivity contribution in [2.45, 2.75) is 30.9 Å². The number of hydrogen-bond donors (Lipinski definition) is 3.